The number of hydrogen-bond acceptors (Lipinski definition) is 4. The summed E-state index contributed by atoms with van der Waals surface area (Å²) >= 11 is 1.55. The third-order valence-corrected chi connectivity index (χ3v) is 4.27. The number of aryl methyl sites for hydroxylation is 1. The van der Waals surface area contributed by atoms with Crippen molar-refractivity contribution in [2.45, 2.75) is 26.9 Å². The minimum Gasteiger partial charge on any atom is -0.385 e. The first-order chi connectivity index (χ1) is 8.54. The molecule has 1 aromatic carbocycles. The van der Waals surface area contributed by atoms with Crippen LogP contribution < -0.4 is 5.73 Å². The van der Waals surface area contributed by atoms with Crippen LogP contribution in [0.3, 0.4) is 0 Å². The molecule has 2 rings (SSSR count). The van der Waals surface area contributed by atoms with Crippen LogP contribution in [0, 0.1) is 20.8 Å². The maximum absolute atomic E-state index is 9.68. The highest BCUT2D eigenvalue weighted by Crippen LogP contribution is 2.31. The Morgan fingerprint density at radius 3 is 2.67 bits per heavy atom. The van der Waals surface area contributed by atoms with Crippen molar-refractivity contribution >= 4 is 11.3 Å². The molecular formula is C14H18N2OS. The first-order valence-corrected chi connectivity index (χ1v) is 6.83. The molecule has 96 valence electrons. The van der Waals surface area contributed by atoms with Gasteiger partial charge in [0.1, 0.15) is 11.1 Å². The number of nitrogens with zero attached hydrogens (tertiary/aromatic N) is 1. The Kier molecular flexibility index (Phi) is 3.80. The Morgan fingerprint density at radius 1 is 1.28 bits per heavy atom. The molecule has 0 amide bonds. The van der Waals surface area contributed by atoms with Gasteiger partial charge in [0.15, 0.2) is 0 Å². The summed E-state index contributed by atoms with van der Waals surface area (Å²) in [5, 5.41) is 12.5. The smallest absolute Gasteiger partial charge is 0.123 e. The standard InChI is InChI=1S/C14H18N2OS/c1-8-4-5-11(10(3)9(8)2)14-16-12(7-18-14)13(17)6-15/h4-5,7,13,17H,6,15H2,1-3H3. The van der Waals surface area contributed by atoms with Gasteiger partial charge < -0.3 is 10.8 Å². The topological polar surface area (TPSA) is 59.1 Å². The van der Waals surface area contributed by atoms with Crippen LogP contribution in [0.25, 0.3) is 10.6 Å². The maximum atomic E-state index is 9.68. The molecule has 0 fully saturated rings. The third kappa shape index (κ3) is 2.32. The van der Waals surface area contributed by atoms with Gasteiger partial charge in [-0.3, -0.25) is 0 Å². The lowest BCUT2D eigenvalue weighted by molar-refractivity contribution is 0.182. The summed E-state index contributed by atoms with van der Waals surface area (Å²) in [5.41, 5.74) is 11.1. The van der Waals surface area contributed by atoms with E-state index in [1.165, 1.54) is 16.7 Å². The Hall–Kier alpha value is -1.23. The summed E-state index contributed by atoms with van der Waals surface area (Å²) in [6.45, 7) is 6.54. The largest absolute Gasteiger partial charge is 0.385 e. The van der Waals surface area contributed by atoms with E-state index in [-0.39, 0.29) is 6.54 Å². The molecule has 0 aliphatic carbocycles. The van der Waals surface area contributed by atoms with E-state index in [0.29, 0.717) is 5.69 Å². The monoisotopic (exact) mass is 262 g/mol. The zero-order valence-electron chi connectivity index (χ0n) is 10.9. The second-order valence-electron chi connectivity index (χ2n) is 4.51. The minimum absolute atomic E-state index is 0.203. The maximum Gasteiger partial charge on any atom is 0.123 e. The van der Waals surface area contributed by atoms with Crippen LogP contribution in [0.5, 0.6) is 0 Å². The number of aromatic nitrogens is 1. The van der Waals surface area contributed by atoms with Crippen LogP contribution >= 0.6 is 11.3 Å². The lowest BCUT2D eigenvalue weighted by Gasteiger charge is -2.09. The van der Waals surface area contributed by atoms with Crippen molar-refractivity contribution in [3.8, 4) is 10.6 Å². The molecule has 2 aromatic rings. The van der Waals surface area contributed by atoms with Crippen molar-refractivity contribution < 1.29 is 5.11 Å². The Morgan fingerprint density at radius 2 is 2.00 bits per heavy atom. The van der Waals surface area contributed by atoms with Gasteiger partial charge >= 0.3 is 0 Å². The molecule has 0 saturated heterocycles. The van der Waals surface area contributed by atoms with Crippen LogP contribution in [-0.4, -0.2) is 16.6 Å². The molecule has 1 unspecified atom stereocenters. The fourth-order valence-corrected chi connectivity index (χ4v) is 2.82. The normalized spacial score (nSPS) is 12.7. The molecule has 4 heteroatoms. The molecule has 3 N–H and O–H groups in total. The Balaban J connectivity index is 2.43. The SMILES string of the molecule is Cc1ccc(-c2nc(C(O)CN)cs2)c(C)c1C. The van der Waals surface area contributed by atoms with Gasteiger partial charge in [-0.1, -0.05) is 12.1 Å². The number of thiazole rings is 1. The zero-order chi connectivity index (χ0) is 13.3. The van der Waals surface area contributed by atoms with Gasteiger partial charge in [0.2, 0.25) is 0 Å². The number of rotatable bonds is 3. The van der Waals surface area contributed by atoms with Crippen LogP contribution in [0.4, 0.5) is 0 Å². The predicted octanol–water partition coefficient (Wildman–Crippen LogP) is 2.73. The average Bonchev–Trinajstić information content (AvgIpc) is 2.84. The molecule has 1 heterocycles. The summed E-state index contributed by atoms with van der Waals surface area (Å²) in [5.74, 6) is 0. The van der Waals surface area contributed by atoms with Gasteiger partial charge in [-0.2, -0.15) is 0 Å². The van der Waals surface area contributed by atoms with Crippen molar-refractivity contribution in [2.24, 2.45) is 5.73 Å². The summed E-state index contributed by atoms with van der Waals surface area (Å²) in [6.07, 6.45) is -0.665. The summed E-state index contributed by atoms with van der Waals surface area (Å²) in [7, 11) is 0. The average molecular weight is 262 g/mol. The summed E-state index contributed by atoms with van der Waals surface area (Å²) in [6, 6.07) is 4.20. The highest BCUT2D eigenvalue weighted by atomic mass is 32.1. The van der Waals surface area contributed by atoms with Gasteiger partial charge in [0.05, 0.1) is 5.69 Å². The Bertz CT molecular complexity index is 563. The predicted molar refractivity (Wildman–Crippen MR) is 75.8 cm³/mol. The van der Waals surface area contributed by atoms with Gasteiger partial charge in [-0.15, -0.1) is 11.3 Å². The van der Waals surface area contributed by atoms with E-state index in [1.807, 2.05) is 5.38 Å². The number of nitrogens with two attached hydrogens (primary N) is 1. The van der Waals surface area contributed by atoms with E-state index in [0.717, 1.165) is 10.6 Å². The fraction of sp³-hybridized carbons (Fsp3) is 0.357. The molecule has 0 aliphatic heterocycles. The van der Waals surface area contributed by atoms with Crippen LogP contribution in [-0.2, 0) is 0 Å². The molecule has 1 aromatic heterocycles. The van der Waals surface area contributed by atoms with E-state index in [1.54, 1.807) is 11.3 Å². The molecular weight excluding hydrogens is 244 g/mol. The van der Waals surface area contributed by atoms with Crippen molar-refractivity contribution in [2.75, 3.05) is 6.54 Å². The van der Waals surface area contributed by atoms with E-state index in [9.17, 15) is 5.11 Å². The summed E-state index contributed by atoms with van der Waals surface area (Å²) < 4.78 is 0. The van der Waals surface area contributed by atoms with Crippen molar-refractivity contribution in [3.63, 3.8) is 0 Å². The molecule has 3 nitrogen and oxygen atoms in total. The highest BCUT2D eigenvalue weighted by molar-refractivity contribution is 7.13. The fourth-order valence-electron chi connectivity index (χ4n) is 1.87. The van der Waals surface area contributed by atoms with Gasteiger partial charge in [-0.25, -0.2) is 4.98 Å². The van der Waals surface area contributed by atoms with Crippen molar-refractivity contribution in [1.29, 1.82) is 0 Å². The van der Waals surface area contributed by atoms with Gasteiger partial charge in [-0.05, 0) is 37.5 Å². The van der Waals surface area contributed by atoms with Crippen molar-refractivity contribution in [3.05, 3.63) is 39.9 Å². The number of aliphatic hydroxyl groups is 1. The lowest BCUT2D eigenvalue weighted by Crippen LogP contribution is -2.11. The Labute approximate surface area is 111 Å². The van der Waals surface area contributed by atoms with Crippen LogP contribution in [0.1, 0.15) is 28.5 Å². The first-order valence-electron chi connectivity index (χ1n) is 5.95. The molecule has 0 aliphatic rings. The van der Waals surface area contributed by atoms with Crippen LogP contribution in [0.15, 0.2) is 17.5 Å². The lowest BCUT2D eigenvalue weighted by atomic mass is 9.99. The zero-order valence-corrected chi connectivity index (χ0v) is 11.7. The van der Waals surface area contributed by atoms with Crippen LogP contribution in [0.2, 0.25) is 0 Å². The number of aliphatic hydroxyl groups excluding tert-OH is 1. The number of hydrogen-bond donors (Lipinski definition) is 2. The first kappa shape index (κ1) is 13.2. The van der Waals surface area contributed by atoms with E-state index in [2.05, 4.69) is 37.9 Å². The molecule has 18 heavy (non-hydrogen) atoms. The second-order valence-corrected chi connectivity index (χ2v) is 5.37. The number of benzene rings is 1. The minimum atomic E-state index is -0.665. The van der Waals surface area contributed by atoms with Gasteiger partial charge in [0, 0.05) is 17.5 Å². The van der Waals surface area contributed by atoms with Gasteiger partial charge in [0.25, 0.3) is 0 Å². The molecule has 0 saturated carbocycles. The second kappa shape index (κ2) is 5.18. The molecule has 0 spiro atoms. The summed E-state index contributed by atoms with van der Waals surface area (Å²) in [4.78, 5) is 4.47. The van der Waals surface area contributed by atoms with Crippen molar-refractivity contribution in [1.82, 2.24) is 4.98 Å². The highest BCUT2D eigenvalue weighted by Gasteiger charge is 2.13. The van der Waals surface area contributed by atoms with E-state index < -0.39 is 6.10 Å². The third-order valence-electron chi connectivity index (χ3n) is 3.38. The van der Waals surface area contributed by atoms with E-state index >= 15 is 0 Å². The van der Waals surface area contributed by atoms with E-state index in [4.69, 9.17) is 5.73 Å². The molecule has 0 radical (unpaired) electrons. The molecule has 1 atom stereocenters. The molecule has 0 bridgehead atoms. The quantitative estimate of drug-likeness (QED) is 0.894.